The number of benzene rings is 3. The van der Waals surface area contributed by atoms with E-state index in [9.17, 15) is 19.2 Å². The van der Waals surface area contributed by atoms with Crippen LogP contribution in [-0.4, -0.2) is 46.9 Å². The zero-order chi connectivity index (χ0) is 32.8. The number of ether oxygens (including phenoxy) is 2. The summed E-state index contributed by atoms with van der Waals surface area (Å²) in [5.41, 5.74) is 1.86. The fourth-order valence-corrected chi connectivity index (χ4v) is 4.43. The first-order valence-electron chi connectivity index (χ1n) is 14.2. The van der Waals surface area contributed by atoms with Crippen LogP contribution in [-0.2, 0) is 20.7 Å². The maximum absolute atomic E-state index is 12.7. The van der Waals surface area contributed by atoms with Crippen LogP contribution in [0.5, 0.6) is 5.75 Å². The fraction of sp³-hybridized carbons (Fsp3) is 0.265. The smallest absolute Gasteiger partial charge is 0.338 e. The van der Waals surface area contributed by atoms with E-state index in [0.29, 0.717) is 46.0 Å². The number of anilines is 2. The van der Waals surface area contributed by atoms with Gasteiger partial charge < -0.3 is 29.8 Å². The van der Waals surface area contributed by atoms with Crippen molar-refractivity contribution in [2.45, 2.75) is 52.2 Å². The Kier molecular flexibility index (Phi) is 9.71. The van der Waals surface area contributed by atoms with Crippen molar-refractivity contribution in [3.8, 4) is 17.1 Å². The normalized spacial score (nSPS) is 11.3. The number of carbonyl (C=O) groups is 4. The molecule has 11 heteroatoms. The molecule has 3 amide bonds. The van der Waals surface area contributed by atoms with E-state index in [-0.39, 0.29) is 5.91 Å². The minimum Gasteiger partial charge on any atom is -0.496 e. The molecule has 0 fully saturated rings. The van der Waals surface area contributed by atoms with Gasteiger partial charge in [-0.3, -0.25) is 14.4 Å². The molecule has 0 aliphatic rings. The predicted molar refractivity (Wildman–Crippen MR) is 169 cm³/mol. The number of nitrogens with zero attached hydrogens (tertiary/aromatic N) is 1. The molecular formula is C34H36N4O7. The highest BCUT2D eigenvalue weighted by Gasteiger charge is 2.25. The molecule has 4 aromatic rings. The van der Waals surface area contributed by atoms with Crippen LogP contribution in [0.25, 0.3) is 11.3 Å². The summed E-state index contributed by atoms with van der Waals surface area (Å²) in [4.78, 5) is 54.3. The number of rotatable bonds is 9. The Bertz CT molecular complexity index is 1670. The minimum absolute atomic E-state index is 0.331. The first-order chi connectivity index (χ1) is 21.2. The summed E-state index contributed by atoms with van der Waals surface area (Å²) in [6, 6.07) is 18.3. The monoisotopic (exact) mass is 612 g/mol. The molecule has 1 aromatic heterocycles. The third-order valence-electron chi connectivity index (χ3n) is 6.45. The third-order valence-corrected chi connectivity index (χ3v) is 6.45. The molecule has 3 N–H and O–H groups in total. The second kappa shape index (κ2) is 13.5. The second-order valence-corrected chi connectivity index (χ2v) is 12.0. The van der Waals surface area contributed by atoms with E-state index >= 15 is 0 Å². The Balaban J connectivity index is 1.30. The molecule has 0 atom stereocenters. The third kappa shape index (κ3) is 9.02. The van der Waals surface area contributed by atoms with E-state index in [1.165, 1.54) is 13.5 Å². The minimum atomic E-state index is -0.824. The summed E-state index contributed by atoms with van der Waals surface area (Å²) in [5.74, 6) is -1.45. The number of carbonyl (C=O) groups excluding carboxylic acids is 4. The Morgan fingerprint density at radius 2 is 1.44 bits per heavy atom. The highest BCUT2D eigenvalue weighted by atomic mass is 16.6. The summed E-state index contributed by atoms with van der Waals surface area (Å²) in [6.07, 6.45) is 3.28. The molecule has 0 aliphatic heterocycles. The van der Waals surface area contributed by atoms with Gasteiger partial charge in [0.2, 0.25) is 0 Å². The highest BCUT2D eigenvalue weighted by Crippen LogP contribution is 2.32. The molecule has 0 spiro atoms. The predicted octanol–water partition coefficient (Wildman–Crippen LogP) is 5.63. The maximum atomic E-state index is 12.7. The number of methoxy groups -OCH3 is 1. The van der Waals surface area contributed by atoms with Gasteiger partial charge in [-0.15, -0.1) is 0 Å². The van der Waals surface area contributed by atoms with Gasteiger partial charge in [-0.1, -0.05) is 12.1 Å². The van der Waals surface area contributed by atoms with Crippen LogP contribution in [0, 0.1) is 0 Å². The summed E-state index contributed by atoms with van der Waals surface area (Å²) in [5, 5.41) is 8.19. The molecule has 0 bridgehead atoms. The van der Waals surface area contributed by atoms with Crippen molar-refractivity contribution in [2.24, 2.45) is 0 Å². The van der Waals surface area contributed by atoms with Gasteiger partial charge in [0.1, 0.15) is 11.4 Å². The molecule has 234 valence electrons. The average Bonchev–Trinajstić information content (AvgIpc) is 3.52. The summed E-state index contributed by atoms with van der Waals surface area (Å²) < 4.78 is 16.1. The van der Waals surface area contributed by atoms with Gasteiger partial charge in [0.25, 0.3) is 5.91 Å². The SMILES string of the molecule is COc1cc(NC(=O)C(=O)NC(C)(C)Cc2ccc(NC(=O)c3ccc(C(=O)OC(C)(C)C)cc3)cc2)ccc1-c1cnco1. The van der Waals surface area contributed by atoms with E-state index in [0.717, 1.165) is 5.56 Å². The second-order valence-electron chi connectivity index (χ2n) is 12.0. The lowest BCUT2D eigenvalue weighted by Crippen LogP contribution is -2.49. The lowest BCUT2D eigenvalue weighted by molar-refractivity contribution is -0.137. The number of amides is 3. The number of esters is 1. The van der Waals surface area contributed by atoms with Crippen molar-refractivity contribution in [1.29, 1.82) is 0 Å². The zero-order valence-electron chi connectivity index (χ0n) is 26.0. The Morgan fingerprint density at radius 3 is 2.04 bits per heavy atom. The van der Waals surface area contributed by atoms with Crippen LogP contribution in [0.4, 0.5) is 11.4 Å². The summed E-state index contributed by atoms with van der Waals surface area (Å²) in [6.45, 7) is 8.98. The maximum Gasteiger partial charge on any atom is 0.338 e. The molecule has 0 unspecified atom stereocenters. The molecule has 0 radical (unpaired) electrons. The van der Waals surface area contributed by atoms with Crippen molar-refractivity contribution in [2.75, 3.05) is 17.7 Å². The lowest BCUT2D eigenvalue weighted by Gasteiger charge is -2.26. The van der Waals surface area contributed by atoms with Crippen molar-refractivity contribution >= 4 is 35.1 Å². The van der Waals surface area contributed by atoms with E-state index in [1.807, 2.05) is 26.0 Å². The number of nitrogens with one attached hydrogen (secondary N) is 3. The van der Waals surface area contributed by atoms with E-state index < -0.39 is 28.9 Å². The number of hydrogen-bond donors (Lipinski definition) is 3. The molecule has 3 aromatic carbocycles. The zero-order valence-corrected chi connectivity index (χ0v) is 26.0. The molecule has 1 heterocycles. The number of oxazole rings is 1. The van der Waals surface area contributed by atoms with Gasteiger partial charge in [0.15, 0.2) is 12.2 Å². The topological polar surface area (TPSA) is 149 Å². The Morgan fingerprint density at radius 1 is 0.800 bits per heavy atom. The quantitative estimate of drug-likeness (QED) is 0.163. The van der Waals surface area contributed by atoms with Gasteiger partial charge in [-0.2, -0.15) is 0 Å². The van der Waals surface area contributed by atoms with Gasteiger partial charge in [-0.05, 0) is 95.1 Å². The van der Waals surface area contributed by atoms with Crippen LogP contribution in [0.15, 0.2) is 83.7 Å². The van der Waals surface area contributed by atoms with Crippen LogP contribution in [0.2, 0.25) is 0 Å². The van der Waals surface area contributed by atoms with Crippen LogP contribution >= 0.6 is 0 Å². The molecule has 4 rings (SSSR count). The van der Waals surface area contributed by atoms with Gasteiger partial charge >= 0.3 is 17.8 Å². The first-order valence-corrected chi connectivity index (χ1v) is 14.2. The number of hydrogen-bond acceptors (Lipinski definition) is 8. The van der Waals surface area contributed by atoms with E-state index in [2.05, 4.69) is 20.9 Å². The molecular weight excluding hydrogens is 576 g/mol. The summed E-state index contributed by atoms with van der Waals surface area (Å²) in [7, 11) is 1.49. The van der Waals surface area contributed by atoms with Crippen molar-refractivity contribution in [3.05, 3.63) is 96.0 Å². The van der Waals surface area contributed by atoms with Crippen LogP contribution in [0.3, 0.4) is 0 Å². The first kappa shape index (κ1) is 32.5. The van der Waals surface area contributed by atoms with Gasteiger partial charge in [0.05, 0.1) is 24.4 Å². The number of aromatic nitrogens is 1. The van der Waals surface area contributed by atoms with Gasteiger partial charge in [0, 0.05) is 28.5 Å². The highest BCUT2D eigenvalue weighted by molar-refractivity contribution is 6.39. The molecule has 45 heavy (non-hydrogen) atoms. The largest absolute Gasteiger partial charge is 0.496 e. The summed E-state index contributed by atoms with van der Waals surface area (Å²) >= 11 is 0. The Labute approximate surface area is 261 Å². The van der Waals surface area contributed by atoms with Crippen molar-refractivity contribution in [1.82, 2.24) is 10.3 Å². The fourth-order valence-electron chi connectivity index (χ4n) is 4.43. The van der Waals surface area contributed by atoms with Crippen LogP contribution < -0.4 is 20.7 Å². The van der Waals surface area contributed by atoms with Crippen molar-refractivity contribution in [3.63, 3.8) is 0 Å². The van der Waals surface area contributed by atoms with Gasteiger partial charge in [-0.25, -0.2) is 9.78 Å². The van der Waals surface area contributed by atoms with E-state index in [1.54, 1.807) is 81.6 Å². The molecule has 0 saturated heterocycles. The van der Waals surface area contributed by atoms with E-state index in [4.69, 9.17) is 13.9 Å². The van der Waals surface area contributed by atoms with Crippen molar-refractivity contribution < 1.29 is 33.1 Å². The molecule has 0 aliphatic carbocycles. The Hall–Kier alpha value is -5.45. The average molecular weight is 613 g/mol. The standard InChI is InChI=1S/C34H36N4O7/c1-33(2,3)45-32(42)23-11-9-22(10-12-23)29(39)36-24-13-7-21(8-14-24)18-34(4,5)38-31(41)30(40)37-25-15-16-26(27(17-25)43-6)28-19-35-20-44-28/h7-17,19-20H,18H2,1-6H3,(H,36,39)(H,37,40)(H,38,41). The molecule has 11 nitrogen and oxygen atoms in total. The van der Waals surface area contributed by atoms with Crippen LogP contribution in [0.1, 0.15) is 60.9 Å². The molecule has 0 saturated carbocycles. The lowest BCUT2D eigenvalue weighted by atomic mass is 9.94.